The van der Waals surface area contributed by atoms with Gasteiger partial charge in [0, 0.05) is 30.7 Å². The van der Waals surface area contributed by atoms with Gasteiger partial charge in [0.05, 0.1) is 11.0 Å². The highest BCUT2D eigenvalue weighted by Crippen LogP contribution is 2.29. The van der Waals surface area contributed by atoms with E-state index in [1.807, 2.05) is 37.3 Å². The van der Waals surface area contributed by atoms with E-state index in [2.05, 4.69) is 5.43 Å². The lowest BCUT2D eigenvalue weighted by molar-refractivity contribution is -0.384. The van der Waals surface area contributed by atoms with Crippen LogP contribution in [0.4, 0.5) is 5.69 Å². The number of hydrogen-bond donors (Lipinski definition) is 1. The van der Waals surface area contributed by atoms with Crippen LogP contribution in [-0.4, -0.2) is 28.7 Å². The molecule has 26 heavy (non-hydrogen) atoms. The fraction of sp³-hybridized carbons (Fsp3) is 0.316. The predicted octanol–water partition coefficient (Wildman–Crippen LogP) is 3.44. The first kappa shape index (κ1) is 18.0. The maximum Gasteiger partial charge on any atom is 0.270 e. The molecule has 1 saturated heterocycles. The van der Waals surface area contributed by atoms with E-state index >= 15 is 0 Å². The molecule has 2 aromatic rings. The van der Waals surface area contributed by atoms with Crippen molar-refractivity contribution in [1.82, 2.24) is 10.4 Å². The fourth-order valence-corrected chi connectivity index (χ4v) is 2.96. The number of carbonyl (C=O) groups excluding carboxylic acids is 1. The first-order chi connectivity index (χ1) is 12.6. The number of non-ortho nitro benzene ring substituents is 1. The summed E-state index contributed by atoms with van der Waals surface area (Å²) in [7, 11) is 0. The van der Waals surface area contributed by atoms with Crippen LogP contribution >= 0.6 is 0 Å². The number of nitrogens with one attached hydrogen (secondary N) is 1. The van der Waals surface area contributed by atoms with Crippen molar-refractivity contribution in [3.8, 4) is 0 Å². The maximum atomic E-state index is 12.9. The summed E-state index contributed by atoms with van der Waals surface area (Å²) in [5.41, 5.74) is 4.64. The Morgan fingerprint density at radius 3 is 2.54 bits per heavy atom. The van der Waals surface area contributed by atoms with Crippen molar-refractivity contribution < 1.29 is 14.5 Å². The lowest BCUT2D eigenvalue weighted by Gasteiger charge is -2.24. The number of carbonyl (C=O) groups is 1. The van der Waals surface area contributed by atoms with Gasteiger partial charge in [-0.15, -0.1) is 0 Å². The average molecular weight is 355 g/mol. The molecule has 1 heterocycles. The van der Waals surface area contributed by atoms with E-state index in [9.17, 15) is 14.9 Å². The van der Waals surface area contributed by atoms with E-state index < -0.39 is 4.92 Å². The van der Waals surface area contributed by atoms with E-state index in [4.69, 9.17) is 4.74 Å². The number of nitro benzene ring substituents is 1. The van der Waals surface area contributed by atoms with Gasteiger partial charge in [0.25, 0.3) is 11.6 Å². The molecule has 0 aromatic heterocycles. The van der Waals surface area contributed by atoms with E-state index in [0.717, 1.165) is 12.0 Å². The van der Waals surface area contributed by atoms with Gasteiger partial charge < -0.3 is 4.74 Å². The molecular weight excluding hydrogens is 334 g/mol. The normalized spacial score (nSPS) is 19.5. The fourth-order valence-electron chi connectivity index (χ4n) is 2.96. The number of ether oxygens (including phenoxy) is 1. The number of nitro groups is 1. The highest BCUT2D eigenvalue weighted by atomic mass is 16.6. The summed E-state index contributed by atoms with van der Waals surface area (Å²) >= 11 is 0. The van der Waals surface area contributed by atoms with Crippen molar-refractivity contribution >= 4 is 11.6 Å². The second-order valence-corrected chi connectivity index (χ2v) is 6.13. The van der Waals surface area contributed by atoms with Gasteiger partial charge in [0.2, 0.25) is 0 Å². The summed E-state index contributed by atoms with van der Waals surface area (Å²) < 4.78 is 5.86. The van der Waals surface area contributed by atoms with Gasteiger partial charge in [-0.1, -0.05) is 37.3 Å². The van der Waals surface area contributed by atoms with Crippen molar-refractivity contribution in [3.63, 3.8) is 0 Å². The maximum absolute atomic E-state index is 12.9. The number of amides is 1. The Kier molecular flexibility index (Phi) is 5.60. The summed E-state index contributed by atoms with van der Waals surface area (Å²) in [5, 5.41) is 12.3. The van der Waals surface area contributed by atoms with Gasteiger partial charge in [0.15, 0.2) is 0 Å². The zero-order valence-corrected chi connectivity index (χ0v) is 14.5. The smallest absolute Gasteiger partial charge is 0.270 e. The van der Waals surface area contributed by atoms with E-state index in [1.54, 1.807) is 0 Å². The van der Waals surface area contributed by atoms with E-state index in [1.165, 1.54) is 29.3 Å². The van der Waals surface area contributed by atoms with Gasteiger partial charge >= 0.3 is 0 Å². The molecule has 0 aliphatic carbocycles. The van der Waals surface area contributed by atoms with Crippen LogP contribution in [0.25, 0.3) is 0 Å². The molecule has 0 bridgehead atoms. The summed E-state index contributed by atoms with van der Waals surface area (Å²) in [6.45, 7) is 2.57. The Morgan fingerprint density at radius 1 is 1.23 bits per heavy atom. The minimum atomic E-state index is -0.485. The van der Waals surface area contributed by atoms with Crippen LogP contribution in [0, 0.1) is 10.1 Å². The van der Waals surface area contributed by atoms with Crippen LogP contribution in [-0.2, 0) is 4.74 Å². The van der Waals surface area contributed by atoms with Gasteiger partial charge in [-0.3, -0.25) is 14.9 Å². The Morgan fingerprint density at radius 2 is 1.92 bits per heavy atom. The number of hydrazine groups is 1. The quantitative estimate of drug-likeness (QED) is 0.634. The van der Waals surface area contributed by atoms with Crippen molar-refractivity contribution in [2.24, 2.45) is 0 Å². The molecule has 136 valence electrons. The molecule has 1 N–H and O–H groups in total. The number of benzene rings is 2. The molecule has 0 saturated carbocycles. The van der Waals surface area contributed by atoms with Crippen LogP contribution in [0.1, 0.15) is 41.7 Å². The lowest BCUT2D eigenvalue weighted by atomic mass is 10.1. The molecule has 1 amide bonds. The summed E-state index contributed by atoms with van der Waals surface area (Å²) in [4.78, 5) is 23.2. The molecule has 1 unspecified atom stereocenters. The minimum Gasteiger partial charge on any atom is -0.357 e. The molecule has 3 rings (SSSR count). The first-order valence-corrected chi connectivity index (χ1v) is 8.61. The van der Waals surface area contributed by atoms with Crippen LogP contribution in [0.3, 0.4) is 0 Å². The Bertz CT molecular complexity index is 764. The lowest BCUT2D eigenvalue weighted by Crippen LogP contribution is -2.44. The third-order valence-electron chi connectivity index (χ3n) is 4.28. The molecule has 2 atom stereocenters. The topological polar surface area (TPSA) is 84.7 Å². The van der Waals surface area contributed by atoms with Crippen molar-refractivity contribution in [3.05, 3.63) is 75.8 Å². The largest absolute Gasteiger partial charge is 0.357 e. The zero-order chi connectivity index (χ0) is 18.5. The molecule has 7 heteroatoms. The summed E-state index contributed by atoms with van der Waals surface area (Å²) in [5.74, 6) is -0.264. The number of rotatable bonds is 6. The standard InChI is InChI=1S/C19H21N3O4/c1-2-12-26-18-13-17(14-6-4-3-5-7-14)20-21(18)19(23)15-8-10-16(11-9-15)22(24)25/h3-11,17-18,20H,2,12-13H2,1H3/t17-,18?/m1/s1. The summed E-state index contributed by atoms with van der Waals surface area (Å²) in [6.07, 6.45) is 1.11. The monoisotopic (exact) mass is 355 g/mol. The zero-order valence-electron chi connectivity index (χ0n) is 14.5. The van der Waals surface area contributed by atoms with Gasteiger partial charge in [-0.25, -0.2) is 10.4 Å². The molecule has 1 fully saturated rings. The average Bonchev–Trinajstić information content (AvgIpc) is 3.10. The van der Waals surface area contributed by atoms with E-state index in [-0.39, 0.29) is 23.9 Å². The van der Waals surface area contributed by atoms with Gasteiger partial charge in [0.1, 0.15) is 6.23 Å². The second kappa shape index (κ2) is 8.07. The minimum absolute atomic E-state index is 0.0277. The van der Waals surface area contributed by atoms with Crippen LogP contribution in [0.5, 0.6) is 0 Å². The third kappa shape index (κ3) is 3.89. The Labute approximate surface area is 151 Å². The number of hydrogen-bond acceptors (Lipinski definition) is 5. The van der Waals surface area contributed by atoms with Crippen LogP contribution in [0.15, 0.2) is 54.6 Å². The molecule has 1 aliphatic rings. The molecule has 7 nitrogen and oxygen atoms in total. The van der Waals surface area contributed by atoms with Crippen molar-refractivity contribution in [1.29, 1.82) is 0 Å². The van der Waals surface area contributed by atoms with Crippen LogP contribution < -0.4 is 5.43 Å². The Balaban J connectivity index is 1.80. The highest BCUT2D eigenvalue weighted by molar-refractivity contribution is 5.94. The second-order valence-electron chi connectivity index (χ2n) is 6.13. The molecule has 2 aromatic carbocycles. The predicted molar refractivity (Wildman–Crippen MR) is 96.2 cm³/mol. The van der Waals surface area contributed by atoms with E-state index in [0.29, 0.717) is 18.6 Å². The van der Waals surface area contributed by atoms with Crippen molar-refractivity contribution in [2.45, 2.75) is 32.0 Å². The summed E-state index contributed by atoms with van der Waals surface area (Å²) in [6, 6.07) is 15.5. The highest BCUT2D eigenvalue weighted by Gasteiger charge is 2.36. The van der Waals surface area contributed by atoms with Gasteiger partial charge in [-0.2, -0.15) is 0 Å². The molecular formula is C19H21N3O4. The SMILES string of the molecule is CCCOC1C[C@H](c2ccccc2)NN1C(=O)c1ccc([N+](=O)[O-])cc1. The van der Waals surface area contributed by atoms with Crippen molar-refractivity contribution in [2.75, 3.05) is 6.61 Å². The molecule has 0 radical (unpaired) electrons. The third-order valence-corrected chi connectivity index (χ3v) is 4.28. The first-order valence-electron chi connectivity index (χ1n) is 8.61. The Hall–Kier alpha value is -2.77. The van der Waals surface area contributed by atoms with Crippen LogP contribution in [0.2, 0.25) is 0 Å². The molecule has 1 aliphatic heterocycles. The number of nitrogens with zero attached hydrogens (tertiary/aromatic N) is 2. The molecule has 0 spiro atoms. The van der Waals surface area contributed by atoms with Gasteiger partial charge in [-0.05, 0) is 24.1 Å².